The molecule has 1 aromatic rings. The van der Waals surface area contributed by atoms with Crippen LogP contribution >= 0.6 is 0 Å². The number of rotatable bonds is 6. The molecular weight excluding hydrogens is 256 g/mol. The Labute approximate surface area is 119 Å². The molecule has 0 heterocycles. The predicted molar refractivity (Wildman–Crippen MR) is 77.9 cm³/mol. The van der Waals surface area contributed by atoms with E-state index in [-0.39, 0.29) is 24.4 Å². The maximum absolute atomic E-state index is 12.4. The van der Waals surface area contributed by atoms with Crippen molar-refractivity contribution in [3.8, 4) is 5.75 Å². The molecule has 0 aliphatic rings. The summed E-state index contributed by atoms with van der Waals surface area (Å²) in [6.45, 7) is 6.16. The van der Waals surface area contributed by atoms with Gasteiger partial charge in [0.1, 0.15) is 5.75 Å². The molecule has 2 amide bonds. The summed E-state index contributed by atoms with van der Waals surface area (Å²) in [5.41, 5.74) is 0.517. The first-order chi connectivity index (χ1) is 9.47. The van der Waals surface area contributed by atoms with Crippen LogP contribution in [0.4, 0.5) is 0 Å². The Kier molecular flexibility index (Phi) is 6.03. The van der Waals surface area contributed by atoms with Gasteiger partial charge in [-0.1, -0.05) is 6.07 Å². The van der Waals surface area contributed by atoms with E-state index in [1.807, 2.05) is 20.8 Å². The number of likely N-dealkylation sites (N-methyl/N-ethyl adjacent to an activating group) is 1. The molecule has 5 heteroatoms. The fourth-order valence-electron chi connectivity index (χ4n) is 1.81. The normalized spacial score (nSPS) is 10.2. The lowest BCUT2D eigenvalue weighted by molar-refractivity contribution is -0.122. The molecule has 1 N–H and O–H groups in total. The van der Waals surface area contributed by atoms with Crippen LogP contribution in [0.3, 0.4) is 0 Å². The summed E-state index contributed by atoms with van der Waals surface area (Å²) in [5, 5.41) is 2.78. The number of carbonyl (C=O) groups excluding carboxylic acids is 2. The zero-order chi connectivity index (χ0) is 15.1. The van der Waals surface area contributed by atoms with E-state index in [1.54, 1.807) is 31.4 Å². The van der Waals surface area contributed by atoms with Crippen LogP contribution in [0.5, 0.6) is 5.75 Å². The molecule has 0 aliphatic carbocycles. The van der Waals surface area contributed by atoms with E-state index in [0.717, 1.165) is 0 Å². The van der Waals surface area contributed by atoms with Gasteiger partial charge in [0.05, 0.1) is 13.7 Å². The SMILES string of the molecule is CCN(CC(=O)NC(C)C)C(=O)c1cccc(OC)c1. The van der Waals surface area contributed by atoms with E-state index in [1.165, 1.54) is 4.90 Å². The summed E-state index contributed by atoms with van der Waals surface area (Å²) in [6.07, 6.45) is 0. The molecule has 110 valence electrons. The molecule has 0 radical (unpaired) electrons. The van der Waals surface area contributed by atoms with Gasteiger partial charge in [-0.05, 0) is 39.0 Å². The third kappa shape index (κ3) is 4.57. The maximum atomic E-state index is 12.4. The minimum Gasteiger partial charge on any atom is -0.497 e. The number of nitrogens with one attached hydrogen (secondary N) is 1. The average molecular weight is 278 g/mol. The monoisotopic (exact) mass is 278 g/mol. The van der Waals surface area contributed by atoms with Crippen molar-refractivity contribution in [2.24, 2.45) is 0 Å². The van der Waals surface area contributed by atoms with Gasteiger partial charge in [-0.15, -0.1) is 0 Å². The van der Waals surface area contributed by atoms with Gasteiger partial charge >= 0.3 is 0 Å². The zero-order valence-corrected chi connectivity index (χ0v) is 12.5. The van der Waals surface area contributed by atoms with Crippen molar-refractivity contribution in [2.45, 2.75) is 26.8 Å². The van der Waals surface area contributed by atoms with Crippen molar-refractivity contribution < 1.29 is 14.3 Å². The third-order valence-electron chi connectivity index (χ3n) is 2.77. The smallest absolute Gasteiger partial charge is 0.254 e. The highest BCUT2D eigenvalue weighted by atomic mass is 16.5. The van der Waals surface area contributed by atoms with Crippen LogP contribution in [0, 0.1) is 0 Å². The standard InChI is InChI=1S/C15H22N2O3/c1-5-17(10-14(18)16-11(2)3)15(19)12-7-6-8-13(9-12)20-4/h6-9,11H,5,10H2,1-4H3,(H,16,18). The molecule has 1 aromatic carbocycles. The molecule has 0 atom stereocenters. The fraction of sp³-hybridized carbons (Fsp3) is 0.467. The largest absolute Gasteiger partial charge is 0.497 e. The van der Waals surface area contributed by atoms with Gasteiger partial charge in [-0.25, -0.2) is 0 Å². The van der Waals surface area contributed by atoms with E-state index >= 15 is 0 Å². The van der Waals surface area contributed by atoms with E-state index in [4.69, 9.17) is 4.74 Å². The summed E-state index contributed by atoms with van der Waals surface area (Å²) >= 11 is 0. The molecule has 0 spiro atoms. The van der Waals surface area contributed by atoms with Crippen LogP contribution in [-0.4, -0.2) is 43.0 Å². The summed E-state index contributed by atoms with van der Waals surface area (Å²) in [7, 11) is 1.55. The second-order valence-electron chi connectivity index (χ2n) is 4.77. The topological polar surface area (TPSA) is 58.6 Å². The molecule has 0 fully saturated rings. The Morgan fingerprint density at radius 2 is 2.05 bits per heavy atom. The first-order valence-electron chi connectivity index (χ1n) is 6.70. The minimum absolute atomic E-state index is 0.0602. The molecule has 5 nitrogen and oxygen atoms in total. The summed E-state index contributed by atoms with van der Waals surface area (Å²) in [5.74, 6) is 0.293. The molecule has 20 heavy (non-hydrogen) atoms. The Balaban J connectivity index is 2.78. The quantitative estimate of drug-likeness (QED) is 0.861. The second kappa shape index (κ2) is 7.53. The van der Waals surface area contributed by atoms with Gasteiger partial charge < -0.3 is 15.0 Å². The van der Waals surface area contributed by atoms with Crippen LogP contribution < -0.4 is 10.1 Å². The van der Waals surface area contributed by atoms with Gasteiger partial charge in [-0.3, -0.25) is 9.59 Å². The van der Waals surface area contributed by atoms with Crippen molar-refractivity contribution >= 4 is 11.8 Å². The van der Waals surface area contributed by atoms with Gasteiger partial charge in [0.15, 0.2) is 0 Å². The highest BCUT2D eigenvalue weighted by Gasteiger charge is 2.18. The van der Waals surface area contributed by atoms with Crippen molar-refractivity contribution in [3.05, 3.63) is 29.8 Å². The van der Waals surface area contributed by atoms with Crippen LogP contribution in [0.25, 0.3) is 0 Å². The number of carbonyl (C=O) groups is 2. The lowest BCUT2D eigenvalue weighted by atomic mass is 10.2. The number of nitrogens with zero attached hydrogens (tertiary/aromatic N) is 1. The van der Waals surface area contributed by atoms with Crippen molar-refractivity contribution in [1.29, 1.82) is 0 Å². The lowest BCUT2D eigenvalue weighted by Gasteiger charge is -2.21. The summed E-state index contributed by atoms with van der Waals surface area (Å²) < 4.78 is 5.10. The molecule has 0 aliphatic heterocycles. The van der Waals surface area contributed by atoms with Crippen molar-refractivity contribution in [1.82, 2.24) is 10.2 Å². The number of ether oxygens (including phenoxy) is 1. The predicted octanol–water partition coefficient (Wildman–Crippen LogP) is 1.68. The molecular formula is C15H22N2O3. The Hall–Kier alpha value is -2.04. The average Bonchev–Trinajstić information content (AvgIpc) is 2.43. The maximum Gasteiger partial charge on any atom is 0.254 e. The number of hydrogen-bond donors (Lipinski definition) is 1. The number of amides is 2. The second-order valence-corrected chi connectivity index (χ2v) is 4.77. The molecule has 0 aromatic heterocycles. The minimum atomic E-state index is -0.176. The van der Waals surface area contributed by atoms with Crippen molar-refractivity contribution in [3.63, 3.8) is 0 Å². The highest BCUT2D eigenvalue weighted by molar-refractivity contribution is 5.96. The van der Waals surface area contributed by atoms with E-state index in [9.17, 15) is 9.59 Å². The number of benzene rings is 1. The van der Waals surface area contributed by atoms with Crippen LogP contribution in [0.15, 0.2) is 24.3 Å². The first-order valence-corrected chi connectivity index (χ1v) is 6.70. The lowest BCUT2D eigenvalue weighted by Crippen LogP contribution is -2.42. The van der Waals surface area contributed by atoms with Crippen molar-refractivity contribution in [2.75, 3.05) is 20.2 Å². The Bertz CT molecular complexity index is 472. The molecule has 1 rings (SSSR count). The molecule has 0 saturated carbocycles. The van der Waals surface area contributed by atoms with Crippen LogP contribution in [0.1, 0.15) is 31.1 Å². The highest BCUT2D eigenvalue weighted by Crippen LogP contribution is 2.14. The Morgan fingerprint density at radius 1 is 1.35 bits per heavy atom. The first kappa shape index (κ1) is 16.0. The van der Waals surface area contributed by atoms with Gasteiger partial charge in [0.25, 0.3) is 5.91 Å². The van der Waals surface area contributed by atoms with E-state index in [0.29, 0.717) is 17.9 Å². The number of hydrogen-bond acceptors (Lipinski definition) is 3. The van der Waals surface area contributed by atoms with Crippen LogP contribution in [-0.2, 0) is 4.79 Å². The van der Waals surface area contributed by atoms with Gasteiger partial charge in [-0.2, -0.15) is 0 Å². The zero-order valence-electron chi connectivity index (χ0n) is 12.5. The van der Waals surface area contributed by atoms with Gasteiger partial charge in [0, 0.05) is 18.2 Å². The number of methoxy groups -OCH3 is 1. The molecule has 0 unspecified atom stereocenters. The van der Waals surface area contributed by atoms with E-state index in [2.05, 4.69) is 5.32 Å². The molecule has 0 saturated heterocycles. The summed E-state index contributed by atoms with van der Waals surface area (Å²) in [4.78, 5) is 25.6. The van der Waals surface area contributed by atoms with E-state index < -0.39 is 0 Å². The third-order valence-corrected chi connectivity index (χ3v) is 2.77. The molecule has 0 bridgehead atoms. The van der Waals surface area contributed by atoms with Gasteiger partial charge in [0.2, 0.25) is 5.91 Å². The summed E-state index contributed by atoms with van der Waals surface area (Å²) in [6, 6.07) is 6.99. The Morgan fingerprint density at radius 3 is 2.60 bits per heavy atom. The van der Waals surface area contributed by atoms with Crippen LogP contribution in [0.2, 0.25) is 0 Å². The fourth-order valence-corrected chi connectivity index (χ4v) is 1.81.